The molecule has 2 N–H and O–H groups in total. The van der Waals surface area contributed by atoms with E-state index >= 15 is 0 Å². The number of hydrogen-bond donors (Lipinski definition) is 2. The highest BCUT2D eigenvalue weighted by molar-refractivity contribution is 5.85. The van der Waals surface area contributed by atoms with E-state index < -0.39 is 0 Å². The van der Waals surface area contributed by atoms with Crippen molar-refractivity contribution in [3.63, 3.8) is 0 Å². The van der Waals surface area contributed by atoms with Crippen molar-refractivity contribution in [1.29, 1.82) is 0 Å². The number of fused-ring (bicyclic) bond motifs is 1. The molecule has 3 aromatic rings. The maximum absolute atomic E-state index is 4.24. The SMILES string of the molecule is CCCNC(c1cn[nH]n1)c1cccc2cnccc12. The smallest absolute Gasteiger partial charge is 0.104 e. The van der Waals surface area contributed by atoms with Crippen LogP contribution in [0.15, 0.2) is 42.9 Å². The van der Waals surface area contributed by atoms with Crippen molar-refractivity contribution in [2.75, 3.05) is 6.54 Å². The maximum atomic E-state index is 4.24. The summed E-state index contributed by atoms with van der Waals surface area (Å²) in [6.45, 7) is 3.08. The molecule has 1 atom stereocenters. The summed E-state index contributed by atoms with van der Waals surface area (Å²) in [5, 5.41) is 16.7. The van der Waals surface area contributed by atoms with Gasteiger partial charge in [-0.1, -0.05) is 25.1 Å². The molecule has 2 aromatic heterocycles. The zero-order valence-corrected chi connectivity index (χ0v) is 11.4. The summed E-state index contributed by atoms with van der Waals surface area (Å²) in [7, 11) is 0. The largest absolute Gasteiger partial charge is 0.305 e. The third-order valence-electron chi connectivity index (χ3n) is 3.35. The third-order valence-corrected chi connectivity index (χ3v) is 3.35. The quantitative estimate of drug-likeness (QED) is 0.745. The lowest BCUT2D eigenvalue weighted by atomic mass is 9.98. The maximum Gasteiger partial charge on any atom is 0.104 e. The van der Waals surface area contributed by atoms with Gasteiger partial charge in [0.05, 0.1) is 12.2 Å². The fourth-order valence-corrected chi connectivity index (χ4v) is 2.41. The first-order chi connectivity index (χ1) is 9.90. The zero-order chi connectivity index (χ0) is 13.8. The minimum Gasteiger partial charge on any atom is -0.305 e. The first-order valence-corrected chi connectivity index (χ1v) is 6.82. The van der Waals surface area contributed by atoms with E-state index in [9.17, 15) is 0 Å². The lowest BCUT2D eigenvalue weighted by Gasteiger charge is -2.18. The van der Waals surface area contributed by atoms with Gasteiger partial charge in [-0.05, 0) is 30.0 Å². The Hall–Kier alpha value is -2.27. The predicted molar refractivity (Wildman–Crippen MR) is 78.3 cm³/mol. The van der Waals surface area contributed by atoms with Crippen molar-refractivity contribution in [3.05, 3.63) is 54.1 Å². The van der Waals surface area contributed by atoms with Gasteiger partial charge in [0.1, 0.15) is 5.69 Å². The molecule has 0 aliphatic heterocycles. The van der Waals surface area contributed by atoms with E-state index in [1.165, 1.54) is 10.9 Å². The number of aromatic nitrogens is 4. The second-order valence-corrected chi connectivity index (χ2v) is 4.73. The van der Waals surface area contributed by atoms with Crippen LogP contribution in [0.5, 0.6) is 0 Å². The van der Waals surface area contributed by atoms with Crippen molar-refractivity contribution >= 4 is 10.8 Å². The van der Waals surface area contributed by atoms with Crippen molar-refractivity contribution in [2.24, 2.45) is 0 Å². The zero-order valence-electron chi connectivity index (χ0n) is 11.4. The van der Waals surface area contributed by atoms with E-state index in [0.29, 0.717) is 0 Å². The number of hydrogen-bond acceptors (Lipinski definition) is 4. The Morgan fingerprint density at radius 1 is 1.25 bits per heavy atom. The van der Waals surface area contributed by atoms with Crippen LogP contribution in [0, 0.1) is 0 Å². The lowest BCUT2D eigenvalue weighted by Crippen LogP contribution is -2.23. The van der Waals surface area contributed by atoms with Crippen LogP contribution in [0.3, 0.4) is 0 Å². The van der Waals surface area contributed by atoms with Gasteiger partial charge in [0.25, 0.3) is 0 Å². The average Bonchev–Trinajstić information content (AvgIpc) is 3.02. The molecule has 0 aliphatic rings. The van der Waals surface area contributed by atoms with Crippen molar-refractivity contribution in [3.8, 4) is 0 Å². The molecule has 0 amide bonds. The van der Waals surface area contributed by atoms with Gasteiger partial charge in [-0.25, -0.2) is 0 Å². The molecule has 1 aromatic carbocycles. The molecule has 0 saturated heterocycles. The fourth-order valence-electron chi connectivity index (χ4n) is 2.41. The molecule has 2 heterocycles. The second kappa shape index (κ2) is 5.79. The Balaban J connectivity index is 2.09. The average molecular weight is 267 g/mol. The molecule has 5 heteroatoms. The number of benzene rings is 1. The minimum absolute atomic E-state index is 0.0415. The van der Waals surface area contributed by atoms with E-state index in [2.05, 4.69) is 50.8 Å². The van der Waals surface area contributed by atoms with Gasteiger partial charge < -0.3 is 5.32 Å². The summed E-state index contributed by atoms with van der Waals surface area (Å²) in [6.07, 6.45) is 6.55. The van der Waals surface area contributed by atoms with Crippen LogP contribution in [0.2, 0.25) is 0 Å². The van der Waals surface area contributed by atoms with Gasteiger partial charge in [-0.2, -0.15) is 15.4 Å². The van der Waals surface area contributed by atoms with E-state index in [1.54, 1.807) is 6.20 Å². The number of nitrogens with zero attached hydrogens (tertiary/aromatic N) is 3. The van der Waals surface area contributed by atoms with Gasteiger partial charge in [-0.3, -0.25) is 4.98 Å². The summed E-state index contributed by atoms with van der Waals surface area (Å²) in [5.41, 5.74) is 2.11. The molecule has 0 spiro atoms. The summed E-state index contributed by atoms with van der Waals surface area (Å²) in [5.74, 6) is 0. The number of nitrogens with one attached hydrogen (secondary N) is 2. The Morgan fingerprint density at radius 2 is 2.20 bits per heavy atom. The van der Waals surface area contributed by atoms with E-state index in [-0.39, 0.29) is 6.04 Å². The summed E-state index contributed by atoms with van der Waals surface area (Å²) >= 11 is 0. The number of rotatable bonds is 5. The van der Waals surface area contributed by atoms with Crippen molar-refractivity contribution < 1.29 is 0 Å². The van der Waals surface area contributed by atoms with Gasteiger partial charge >= 0.3 is 0 Å². The molecule has 0 bridgehead atoms. The molecule has 0 saturated carbocycles. The fraction of sp³-hybridized carbons (Fsp3) is 0.267. The molecule has 0 radical (unpaired) electrons. The molecule has 1 unspecified atom stereocenters. The number of pyridine rings is 1. The van der Waals surface area contributed by atoms with Crippen LogP contribution in [0.1, 0.15) is 30.6 Å². The standard InChI is InChI=1S/C15H17N5/c1-2-7-17-15(14-10-18-20-19-14)13-5-3-4-11-9-16-8-6-12(11)13/h3-6,8-10,15,17H,2,7H2,1H3,(H,18,19,20). The van der Waals surface area contributed by atoms with Crippen LogP contribution < -0.4 is 5.32 Å². The van der Waals surface area contributed by atoms with Crippen LogP contribution in [-0.4, -0.2) is 26.9 Å². The minimum atomic E-state index is 0.0415. The van der Waals surface area contributed by atoms with Crippen LogP contribution in [0.4, 0.5) is 0 Å². The topological polar surface area (TPSA) is 66.5 Å². The molecule has 0 fully saturated rings. The Labute approximate surface area is 117 Å². The molecule has 20 heavy (non-hydrogen) atoms. The van der Waals surface area contributed by atoms with E-state index in [4.69, 9.17) is 0 Å². The number of aromatic amines is 1. The highest BCUT2D eigenvalue weighted by atomic mass is 15.3. The molecular weight excluding hydrogens is 250 g/mol. The van der Waals surface area contributed by atoms with Gasteiger partial charge in [0.15, 0.2) is 0 Å². The Bertz CT molecular complexity index is 672. The number of H-pyrrole nitrogens is 1. The van der Waals surface area contributed by atoms with Crippen LogP contribution in [-0.2, 0) is 0 Å². The Kier molecular flexibility index (Phi) is 3.69. The van der Waals surface area contributed by atoms with Gasteiger partial charge in [-0.15, -0.1) is 0 Å². The van der Waals surface area contributed by atoms with E-state index in [1.807, 2.05) is 18.5 Å². The normalized spacial score (nSPS) is 12.7. The van der Waals surface area contributed by atoms with E-state index in [0.717, 1.165) is 24.0 Å². The monoisotopic (exact) mass is 267 g/mol. The molecule has 3 rings (SSSR count). The molecule has 5 nitrogen and oxygen atoms in total. The van der Waals surface area contributed by atoms with Crippen molar-refractivity contribution in [2.45, 2.75) is 19.4 Å². The van der Waals surface area contributed by atoms with Crippen LogP contribution >= 0.6 is 0 Å². The molecule has 102 valence electrons. The second-order valence-electron chi connectivity index (χ2n) is 4.73. The van der Waals surface area contributed by atoms with Gasteiger partial charge in [0.2, 0.25) is 0 Å². The third kappa shape index (κ3) is 2.40. The molecule has 0 aliphatic carbocycles. The predicted octanol–water partition coefficient (Wildman–Crippen LogP) is 2.44. The Morgan fingerprint density at radius 3 is 3.00 bits per heavy atom. The summed E-state index contributed by atoms with van der Waals surface area (Å²) < 4.78 is 0. The highest BCUT2D eigenvalue weighted by Crippen LogP contribution is 2.27. The summed E-state index contributed by atoms with van der Waals surface area (Å²) in [6, 6.07) is 8.35. The first kappa shape index (κ1) is 12.7. The molecular formula is C15H17N5. The van der Waals surface area contributed by atoms with Crippen LogP contribution in [0.25, 0.3) is 10.8 Å². The summed E-state index contributed by atoms with van der Waals surface area (Å²) in [4.78, 5) is 4.18. The van der Waals surface area contributed by atoms with Crippen molar-refractivity contribution in [1.82, 2.24) is 25.7 Å². The highest BCUT2D eigenvalue weighted by Gasteiger charge is 2.18. The lowest BCUT2D eigenvalue weighted by molar-refractivity contribution is 0.588. The van der Waals surface area contributed by atoms with Gasteiger partial charge in [0, 0.05) is 17.8 Å². The first-order valence-electron chi connectivity index (χ1n) is 6.82.